The van der Waals surface area contributed by atoms with E-state index in [2.05, 4.69) is 15.5 Å². The molecule has 6 nitrogen and oxygen atoms in total. The second-order valence-corrected chi connectivity index (χ2v) is 6.21. The summed E-state index contributed by atoms with van der Waals surface area (Å²) in [5, 5.41) is 9.85. The molecule has 4 rings (SSSR count). The van der Waals surface area contributed by atoms with Gasteiger partial charge in [-0.25, -0.2) is 4.39 Å². The Balaban J connectivity index is 1.59. The minimum absolute atomic E-state index is 0.205. The van der Waals surface area contributed by atoms with Crippen molar-refractivity contribution in [3.05, 3.63) is 65.6 Å². The Labute approximate surface area is 155 Å². The van der Waals surface area contributed by atoms with Crippen molar-refractivity contribution < 1.29 is 18.7 Å². The maximum Gasteiger partial charge on any atom is 0.255 e. The first kappa shape index (κ1) is 17.1. The highest BCUT2D eigenvalue weighted by Gasteiger charge is 2.27. The van der Waals surface area contributed by atoms with E-state index in [9.17, 15) is 9.18 Å². The lowest BCUT2D eigenvalue weighted by Crippen LogP contribution is -2.32. The number of halogens is 1. The topological polar surface area (TPSA) is 76.2 Å². The largest absolute Gasteiger partial charge is 0.497 e. The SMILES string of the molecule is COc1ccc(-c2[nH]ncc2C(=O)N[C@H]2CCOc3c(F)cccc32)cc1. The molecule has 1 aliphatic heterocycles. The number of carbonyl (C=O) groups is 1. The molecule has 0 bridgehead atoms. The number of carbonyl (C=O) groups excluding carboxylic acids is 1. The number of benzene rings is 2. The van der Waals surface area contributed by atoms with Crippen LogP contribution >= 0.6 is 0 Å². The normalized spacial score (nSPS) is 15.6. The number of aromatic nitrogens is 2. The minimum Gasteiger partial charge on any atom is -0.497 e. The van der Waals surface area contributed by atoms with E-state index in [0.29, 0.717) is 29.8 Å². The van der Waals surface area contributed by atoms with Crippen LogP contribution in [0.1, 0.15) is 28.4 Å². The van der Waals surface area contributed by atoms with Crippen LogP contribution in [0.4, 0.5) is 4.39 Å². The van der Waals surface area contributed by atoms with Gasteiger partial charge in [0.25, 0.3) is 5.91 Å². The number of amides is 1. The lowest BCUT2D eigenvalue weighted by Gasteiger charge is -2.26. The van der Waals surface area contributed by atoms with Crippen molar-refractivity contribution in [3.8, 4) is 22.8 Å². The summed E-state index contributed by atoms with van der Waals surface area (Å²) >= 11 is 0. The first-order valence-electron chi connectivity index (χ1n) is 8.57. The van der Waals surface area contributed by atoms with Crippen LogP contribution in [-0.4, -0.2) is 29.8 Å². The molecular formula is C20H18FN3O3. The van der Waals surface area contributed by atoms with E-state index < -0.39 is 5.82 Å². The maximum absolute atomic E-state index is 13.9. The Morgan fingerprint density at radius 3 is 2.89 bits per heavy atom. The third-order valence-electron chi connectivity index (χ3n) is 4.59. The summed E-state index contributed by atoms with van der Waals surface area (Å²) in [5.74, 6) is 0.229. The summed E-state index contributed by atoms with van der Waals surface area (Å²) in [5.41, 5.74) is 2.49. The summed E-state index contributed by atoms with van der Waals surface area (Å²) < 4.78 is 24.5. The molecule has 7 heteroatoms. The molecule has 2 aromatic carbocycles. The molecule has 1 amide bonds. The first-order valence-corrected chi connectivity index (χ1v) is 8.57. The van der Waals surface area contributed by atoms with Crippen LogP contribution in [0.5, 0.6) is 11.5 Å². The number of H-pyrrole nitrogens is 1. The van der Waals surface area contributed by atoms with Gasteiger partial charge in [0.05, 0.1) is 37.2 Å². The van der Waals surface area contributed by atoms with Crippen LogP contribution < -0.4 is 14.8 Å². The zero-order valence-corrected chi connectivity index (χ0v) is 14.7. The average molecular weight is 367 g/mol. The molecule has 0 spiro atoms. The van der Waals surface area contributed by atoms with Crippen molar-refractivity contribution in [2.45, 2.75) is 12.5 Å². The zero-order valence-electron chi connectivity index (χ0n) is 14.7. The molecule has 0 aliphatic carbocycles. The predicted molar refractivity (Wildman–Crippen MR) is 97.3 cm³/mol. The molecular weight excluding hydrogens is 349 g/mol. The molecule has 0 fully saturated rings. The number of aromatic amines is 1. The van der Waals surface area contributed by atoms with E-state index in [1.54, 1.807) is 19.2 Å². The second kappa shape index (κ2) is 7.11. The van der Waals surface area contributed by atoms with Gasteiger partial charge in [0.1, 0.15) is 5.75 Å². The van der Waals surface area contributed by atoms with Gasteiger partial charge in [0.2, 0.25) is 0 Å². The minimum atomic E-state index is -0.423. The number of hydrogen-bond acceptors (Lipinski definition) is 4. The van der Waals surface area contributed by atoms with Crippen LogP contribution in [-0.2, 0) is 0 Å². The van der Waals surface area contributed by atoms with Gasteiger partial charge in [-0.15, -0.1) is 0 Å². The third kappa shape index (κ3) is 3.23. The van der Waals surface area contributed by atoms with Gasteiger partial charge in [-0.05, 0) is 30.3 Å². The number of ether oxygens (including phenoxy) is 2. The van der Waals surface area contributed by atoms with Gasteiger partial charge < -0.3 is 14.8 Å². The van der Waals surface area contributed by atoms with Crippen molar-refractivity contribution in [3.63, 3.8) is 0 Å². The highest BCUT2D eigenvalue weighted by molar-refractivity contribution is 6.00. The van der Waals surface area contributed by atoms with Crippen LogP contribution in [0.2, 0.25) is 0 Å². The fourth-order valence-electron chi connectivity index (χ4n) is 3.21. The Hall–Kier alpha value is -3.35. The molecule has 1 atom stereocenters. The molecule has 0 saturated carbocycles. The van der Waals surface area contributed by atoms with Crippen molar-refractivity contribution >= 4 is 5.91 Å². The smallest absolute Gasteiger partial charge is 0.255 e. The summed E-state index contributed by atoms with van der Waals surface area (Å²) in [4.78, 5) is 12.9. The molecule has 27 heavy (non-hydrogen) atoms. The molecule has 138 valence electrons. The number of methoxy groups -OCH3 is 1. The van der Waals surface area contributed by atoms with Crippen LogP contribution in [0.25, 0.3) is 11.3 Å². The van der Waals surface area contributed by atoms with Gasteiger partial charge in [-0.2, -0.15) is 5.10 Å². The molecule has 2 N–H and O–H groups in total. The quantitative estimate of drug-likeness (QED) is 0.740. The van der Waals surface area contributed by atoms with Crippen LogP contribution in [0.15, 0.2) is 48.7 Å². The highest BCUT2D eigenvalue weighted by Crippen LogP contribution is 2.34. The Kier molecular flexibility index (Phi) is 4.50. The predicted octanol–water partition coefficient (Wildman–Crippen LogP) is 3.48. The fourth-order valence-corrected chi connectivity index (χ4v) is 3.21. The van der Waals surface area contributed by atoms with E-state index in [1.165, 1.54) is 12.3 Å². The first-order chi connectivity index (χ1) is 13.2. The Morgan fingerprint density at radius 2 is 2.11 bits per heavy atom. The summed E-state index contributed by atoms with van der Waals surface area (Å²) in [6.45, 7) is 0.343. The van der Waals surface area contributed by atoms with Crippen molar-refractivity contribution in [2.24, 2.45) is 0 Å². The molecule has 0 saturated heterocycles. The monoisotopic (exact) mass is 367 g/mol. The zero-order chi connectivity index (χ0) is 18.8. The van der Waals surface area contributed by atoms with Gasteiger partial charge >= 0.3 is 0 Å². The van der Waals surface area contributed by atoms with E-state index >= 15 is 0 Å². The molecule has 2 heterocycles. The van der Waals surface area contributed by atoms with E-state index in [-0.39, 0.29) is 17.7 Å². The fraction of sp³-hybridized carbons (Fsp3) is 0.200. The Morgan fingerprint density at radius 1 is 1.30 bits per heavy atom. The van der Waals surface area contributed by atoms with Gasteiger partial charge in [0, 0.05) is 17.5 Å². The van der Waals surface area contributed by atoms with Crippen molar-refractivity contribution in [1.29, 1.82) is 0 Å². The summed E-state index contributed by atoms with van der Waals surface area (Å²) in [7, 11) is 1.60. The third-order valence-corrected chi connectivity index (χ3v) is 4.59. The lowest BCUT2D eigenvalue weighted by molar-refractivity contribution is 0.0924. The molecule has 3 aromatic rings. The van der Waals surface area contributed by atoms with Gasteiger partial charge in [-0.1, -0.05) is 12.1 Å². The molecule has 0 unspecified atom stereocenters. The summed E-state index contributed by atoms with van der Waals surface area (Å²) in [6, 6.07) is 11.7. The van der Waals surface area contributed by atoms with Gasteiger partial charge in [-0.3, -0.25) is 9.89 Å². The lowest BCUT2D eigenvalue weighted by atomic mass is 9.99. The van der Waals surface area contributed by atoms with E-state index in [1.807, 2.05) is 24.3 Å². The standard InChI is InChI=1S/C20H18FN3O3/c1-26-13-7-5-12(6-8-13)18-15(11-22-24-18)20(25)23-17-9-10-27-19-14(17)3-2-4-16(19)21/h2-8,11,17H,9-10H2,1H3,(H,22,24)(H,23,25)/t17-/m0/s1. The molecule has 1 aromatic heterocycles. The molecule has 1 aliphatic rings. The van der Waals surface area contributed by atoms with Crippen molar-refractivity contribution in [2.75, 3.05) is 13.7 Å². The van der Waals surface area contributed by atoms with Gasteiger partial charge in [0.15, 0.2) is 11.6 Å². The second-order valence-electron chi connectivity index (χ2n) is 6.21. The number of fused-ring (bicyclic) bond motifs is 1. The van der Waals surface area contributed by atoms with E-state index in [4.69, 9.17) is 9.47 Å². The molecule has 0 radical (unpaired) electrons. The number of rotatable bonds is 4. The average Bonchev–Trinajstić information content (AvgIpc) is 3.19. The number of nitrogens with zero attached hydrogens (tertiary/aromatic N) is 1. The Bertz CT molecular complexity index is 969. The van der Waals surface area contributed by atoms with Crippen molar-refractivity contribution in [1.82, 2.24) is 15.5 Å². The maximum atomic E-state index is 13.9. The number of nitrogens with one attached hydrogen (secondary N) is 2. The summed E-state index contributed by atoms with van der Waals surface area (Å²) in [6.07, 6.45) is 2.05. The number of para-hydroxylation sites is 1. The van der Waals surface area contributed by atoms with E-state index in [0.717, 1.165) is 11.3 Å². The highest BCUT2D eigenvalue weighted by atomic mass is 19.1. The van der Waals surface area contributed by atoms with Crippen LogP contribution in [0, 0.1) is 5.82 Å². The van der Waals surface area contributed by atoms with Crippen LogP contribution in [0.3, 0.4) is 0 Å². The number of hydrogen-bond donors (Lipinski definition) is 2.